The van der Waals surface area contributed by atoms with Gasteiger partial charge in [0.05, 0.1) is 0 Å². The summed E-state index contributed by atoms with van der Waals surface area (Å²) in [6.45, 7) is 5.35. The second kappa shape index (κ2) is 6.14. The quantitative estimate of drug-likeness (QED) is 0.663. The fourth-order valence-corrected chi connectivity index (χ4v) is 1.35. The van der Waals surface area contributed by atoms with Gasteiger partial charge in [-0.2, -0.15) is 0 Å². The third kappa shape index (κ3) is 3.56. The van der Waals surface area contributed by atoms with Crippen molar-refractivity contribution in [2.45, 2.75) is 26.7 Å². The SMILES string of the molecule is C.C=CC(CC(C)=O)c1ccccc1. The molecule has 0 spiro atoms. The van der Waals surface area contributed by atoms with Crippen molar-refractivity contribution in [3.05, 3.63) is 48.6 Å². The molecular formula is C13H18O. The predicted octanol–water partition coefficient (Wildman–Crippen LogP) is 3.57. The van der Waals surface area contributed by atoms with Crippen molar-refractivity contribution in [2.24, 2.45) is 0 Å². The molecule has 0 aliphatic heterocycles. The fourth-order valence-electron chi connectivity index (χ4n) is 1.35. The van der Waals surface area contributed by atoms with Crippen molar-refractivity contribution < 1.29 is 4.79 Å². The molecule has 0 amide bonds. The Morgan fingerprint density at radius 1 is 1.43 bits per heavy atom. The van der Waals surface area contributed by atoms with Gasteiger partial charge in [0.2, 0.25) is 0 Å². The van der Waals surface area contributed by atoms with Crippen molar-refractivity contribution in [3.8, 4) is 0 Å². The highest BCUT2D eigenvalue weighted by molar-refractivity contribution is 5.76. The van der Waals surface area contributed by atoms with E-state index in [4.69, 9.17) is 0 Å². The zero-order valence-electron chi connectivity index (χ0n) is 7.86. The summed E-state index contributed by atoms with van der Waals surface area (Å²) in [5.41, 5.74) is 1.16. The Hall–Kier alpha value is -1.37. The van der Waals surface area contributed by atoms with Gasteiger partial charge in [-0.05, 0) is 12.5 Å². The molecule has 0 saturated heterocycles. The van der Waals surface area contributed by atoms with Crippen LogP contribution in [-0.4, -0.2) is 5.78 Å². The van der Waals surface area contributed by atoms with E-state index in [1.165, 1.54) is 0 Å². The van der Waals surface area contributed by atoms with Gasteiger partial charge in [0.25, 0.3) is 0 Å². The van der Waals surface area contributed by atoms with Gasteiger partial charge in [0, 0.05) is 12.3 Å². The van der Waals surface area contributed by atoms with Crippen LogP contribution in [0.25, 0.3) is 0 Å². The lowest BCUT2D eigenvalue weighted by Gasteiger charge is -2.09. The Balaban J connectivity index is 0.00000169. The van der Waals surface area contributed by atoms with Gasteiger partial charge in [-0.15, -0.1) is 6.58 Å². The fraction of sp³-hybridized carbons (Fsp3) is 0.308. The molecule has 0 aromatic heterocycles. The largest absolute Gasteiger partial charge is 0.300 e. The molecule has 1 unspecified atom stereocenters. The molecule has 1 nitrogen and oxygen atoms in total. The molecule has 1 rings (SSSR count). The van der Waals surface area contributed by atoms with Gasteiger partial charge in [0.15, 0.2) is 0 Å². The van der Waals surface area contributed by atoms with Crippen LogP contribution in [-0.2, 0) is 4.79 Å². The molecule has 0 saturated carbocycles. The number of allylic oxidation sites excluding steroid dienone is 1. The van der Waals surface area contributed by atoms with Crippen LogP contribution in [0.2, 0.25) is 0 Å². The van der Waals surface area contributed by atoms with Crippen molar-refractivity contribution in [2.75, 3.05) is 0 Å². The van der Waals surface area contributed by atoms with Gasteiger partial charge < -0.3 is 0 Å². The summed E-state index contributed by atoms with van der Waals surface area (Å²) >= 11 is 0. The summed E-state index contributed by atoms with van der Waals surface area (Å²) < 4.78 is 0. The molecular weight excluding hydrogens is 172 g/mol. The minimum absolute atomic E-state index is 0. The van der Waals surface area contributed by atoms with E-state index in [0.29, 0.717) is 6.42 Å². The summed E-state index contributed by atoms with van der Waals surface area (Å²) in [6.07, 6.45) is 2.38. The lowest BCUT2D eigenvalue weighted by atomic mass is 9.94. The summed E-state index contributed by atoms with van der Waals surface area (Å²) in [5.74, 6) is 0.368. The third-order valence-corrected chi connectivity index (χ3v) is 2.02. The van der Waals surface area contributed by atoms with Gasteiger partial charge in [-0.1, -0.05) is 43.8 Å². The van der Waals surface area contributed by atoms with Crippen molar-refractivity contribution in [1.29, 1.82) is 0 Å². The van der Waals surface area contributed by atoms with Gasteiger partial charge in [-0.25, -0.2) is 0 Å². The first-order valence-corrected chi connectivity index (χ1v) is 4.41. The summed E-state index contributed by atoms with van der Waals surface area (Å²) in [6, 6.07) is 9.97. The van der Waals surface area contributed by atoms with Crippen LogP contribution < -0.4 is 0 Å². The van der Waals surface area contributed by atoms with Crippen LogP contribution >= 0.6 is 0 Å². The van der Waals surface area contributed by atoms with E-state index >= 15 is 0 Å². The maximum Gasteiger partial charge on any atom is 0.130 e. The summed E-state index contributed by atoms with van der Waals surface area (Å²) in [5, 5.41) is 0. The number of Topliss-reactive ketones (excluding diaryl/α,β-unsaturated/α-hetero) is 1. The topological polar surface area (TPSA) is 17.1 Å². The third-order valence-electron chi connectivity index (χ3n) is 2.02. The predicted molar refractivity (Wildman–Crippen MR) is 61.4 cm³/mol. The normalized spacial score (nSPS) is 11.2. The molecule has 0 radical (unpaired) electrons. The first kappa shape index (κ1) is 12.6. The van der Waals surface area contributed by atoms with Crippen molar-refractivity contribution in [3.63, 3.8) is 0 Å². The molecule has 76 valence electrons. The van der Waals surface area contributed by atoms with Gasteiger partial charge in [0.1, 0.15) is 5.78 Å². The maximum atomic E-state index is 10.9. The molecule has 1 aromatic carbocycles. The number of carbonyl (C=O) groups excluding carboxylic acids is 1. The summed E-state index contributed by atoms with van der Waals surface area (Å²) in [7, 11) is 0. The molecule has 1 heteroatoms. The van der Waals surface area contributed by atoms with E-state index < -0.39 is 0 Å². The average Bonchev–Trinajstić information content (AvgIpc) is 2.15. The molecule has 0 N–H and O–H groups in total. The highest BCUT2D eigenvalue weighted by Crippen LogP contribution is 2.20. The number of ketones is 1. The van der Waals surface area contributed by atoms with E-state index in [9.17, 15) is 4.79 Å². The van der Waals surface area contributed by atoms with E-state index in [2.05, 4.69) is 6.58 Å². The lowest BCUT2D eigenvalue weighted by molar-refractivity contribution is -0.117. The second-order valence-corrected chi connectivity index (χ2v) is 3.16. The van der Waals surface area contributed by atoms with Crippen LogP contribution in [0.15, 0.2) is 43.0 Å². The maximum absolute atomic E-state index is 10.9. The van der Waals surface area contributed by atoms with Crippen LogP contribution in [0, 0.1) is 0 Å². The van der Waals surface area contributed by atoms with E-state index in [1.54, 1.807) is 6.92 Å². The van der Waals surface area contributed by atoms with Crippen LogP contribution in [0.4, 0.5) is 0 Å². The van der Waals surface area contributed by atoms with E-state index in [1.807, 2.05) is 36.4 Å². The zero-order valence-corrected chi connectivity index (χ0v) is 7.86. The molecule has 0 aliphatic rings. The monoisotopic (exact) mass is 190 g/mol. The molecule has 0 aliphatic carbocycles. The average molecular weight is 190 g/mol. The van der Waals surface area contributed by atoms with Gasteiger partial charge >= 0.3 is 0 Å². The first-order valence-electron chi connectivity index (χ1n) is 4.41. The Morgan fingerprint density at radius 2 is 2.00 bits per heavy atom. The van der Waals surface area contributed by atoms with Crippen LogP contribution in [0.5, 0.6) is 0 Å². The number of rotatable bonds is 4. The zero-order chi connectivity index (χ0) is 9.68. The van der Waals surface area contributed by atoms with Gasteiger partial charge in [-0.3, -0.25) is 4.79 Å². The second-order valence-electron chi connectivity index (χ2n) is 3.16. The number of hydrogen-bond acceptors (Lipinski definition) is 1. The van der Waals surface area contributed by atoms with Crippen LogP contribution in [0.3, 0.4) is 0 Å². The van der Waals surface area contributed by atoms with Crippen LogP contribution in [0.1, 0.15) is 32.3 Å². The smallest absolute Gasteiger partial charge is 0.130 e. The molecule has 0 fully saturated rings. The molecule has 14 heavy (non-hydrogen) atoms. The molecule has 0 heterocycles. The number of hydrogen-bond donors (Lipinski definition) is 0. The highest BCUT2D eigenvalue weighted by atomic mass is 16.1. The number of benzene rings is 1. The standard InChI is InChI=1S/C12H14O.CH4/c1-3-11(9-10(2)13)12-7-5-4-6-8-12;/h3-8,11H,1,9H2,2H3;1H4. The minimum atomic E-state index is 0. The Morgan fingerprint density at radius 3 is 2.43 bits per heavy atom. The summed E-state index contributed by atoms with van der Waals surface area (Å²) in [4.78, 5) is 10.9. The lowest BCUT2D eigenvalue weighted by Crippen LogP contribution is -2.00. The Bertz CT molecular complexity index is 287. The van der Waals surface area contributed by atoms with Crippen molar-refractivity contribution in [1.82, 2.24) is 0 Å². The molecule has 1 atom stereocenters. The molecule has 1 aromatic rings. The number of carbonyl (C=O) groups is 1. The first-order chi connectivity index (χ1) is 6.24. The van der Waals surface area contributed by atoms with Crippen molar-refractivity contribution >= 4 is 5.78 Å². The Kier molecular flexibility index (Phi) is 5.54. The van der Waals surface area contributed by atoms with E-state index in [0.717, 1.165) is 5.56 Å². The molecule has 0 bridgehead atoms. The highest BCUT2D eigenvalue weighted by Gasteiger charge is 2.08. The van der Waals surface area contributed by atoms with E-state index in [-0.39, 0.29) is 19.1 Å². The Labute approximate surface area is 86.5 Å². The minimum Gasteiger partial charge on any atom is -0.300 e.